The lowest BCUT2D eigenvalue weighted by Gasteiger charge is -2.27. The Morgan fingerprint density at radius 3 is 1.88 bits per heavy atom. The lowest BCUT2D eigenvalue weighted by Crippen LogP contribution is -2.41. The number of hydrogen-bond acceptors (Lipinski definition) is 7. The summed E-state index contributed by atoms with van der Waals surface area (Å²) in [5, 5.41) is 9.64. The zero-order valence-corrected chi connectivity index (χ0v) is 20.6. The number of halogens is 11. The largest absolute Gasteiger partial charge is 0.461 e. The van der Waals surface area contributed by atoms with E-state index in [1.165, 1.54) is 12.1 Å². The minimum atomic E-state index is -5.11. The SMILES string of the molecule is O[C@H](CN(Cc1cccc(OC(F)(F)C(F)F)c1)c1nccc(Oc2cccc(OC(F)(F)C(F)F)c2)n1)C(F)(F)F. The Kier molecular flexibility index (Phi) is 9.90. The van der Waals surface area contributed by atoms with Gasteiger partial charge in [0.2, 0.25) is 11.8 Å². The van der Waals surface area contributed by atoms with E-state index in [-0.39, 0.29) is 11.3 Å². The van der Waals surface area contributed by atoms with Gasteiger partial charge in [-0.25, -0.2) is 4.98 Å². The summed E-state index contributed by atoms with van der Waals surface area (Å²) in [5.74, 6) is -2.64. The Bertz CT molecular complexity index is 1330. The highest BCUT2D eigenvalue weighted by molar-refractivity contribution is 5.39. The Labute approximate surface area is 229 Å². The van der Waals surface area contributed by atoms with Crippen LogP contribution in [0.3, 0.4) is 0 Å². The first kappa shape index (κ1) is 32.4. The fourth-order valence-corrected chi connectivity index (χ4v) is 3.12. The third-order valence-corrected chi connectivity index (χ3v) is 4.99. The molecule has 0 aliphatic rings. The molecule has 1 N–H and O–H groups in total. The van der Waals surface area contributed by atoms with Gasteiger partial charge in [-0.2, -0.15) is 53.3 Å². The van der Waals surface area contributed by atoms with E-state index in [4.69, 9.17) is 4.74 Å². The van der Waals surface area contributed by atoms with Crippen LogP contribution in [0.2, 0.25) is 0 Å². The van der Waals surface area contributed by atoms with Crippen molar-refractivity contribution in [3.8, 4) is 23.1 Å². The van der Waals surface area contributed by atoms with E-state index < -0.39 is 73.8 Å². The second-order valence-corrected chi connectivity index (χ2v) is 8.29. The van der Waals surface area contributed by atoms with Crippen molar-refractivity contribution in [3.63, 3.8) is 0 Å². The third kappa shape index (κ3) is 8.95. The molecule has 0 radical (unpaired) electrons. The minimum Gasteiger partial charge on any atom is -0.439 e. The first-order chi connectivity index (χ1) is 19.5. The van der Waals surface area contributed by atoms with Crippen molar-refractivity contribution in [3.05, 3.63) is 66.4 Å². The highest BCUT2D eigenvalue weighted by Gasteiger charge is 2.45. The fraction of sp³-hybridized carbons (Fsp3) is 0.333. The van der Waals surface area contributed by atoms with Gasteiger partial charge < -0.3 is 24.2 Å². The van der Waals surface area contributed by atoms with E-state index in [0.29, 0.717) is 0 Å². The van der Waals surface area contributed by atoms with Crippen LogP contribution in [0.4, 0.5) is 54.2 Å². The van der Waals surface area contributed by atoms with E-state index in [1.54, 1.807) is 0 Å². The lowest BCUT2D eigenvalue weighted by atomic mass is 10.2. The molecule has 0 aliphatic carbocycles. The molecule has 1 atom stereocenters. The highest BCUT2D eigenvalue weighted by atomic mass is 19.4. The average Bonchev–Trinajstić information content (AvgIpc) is 2.87. The van der Waals surface area contributed by atoms with Crippen LogP contribution in [0.15, 0.2) is 60.8 Å². The molecule has 230 valence electrons. The normalized spacial score (nSPS) is 13.3. The summed E-state index contributed by atoms with van der Waals surface area (Å²) < 4.78 is 156. The van der Waals surface area contributed by atoms with Crippen molar-refractivity contribution in [2.24, 2.45) is 0 Å². The quantitative estimate of drug-likeness (QED) is 0.214. The summed E-state index contributed by atoms with van der Waals surface area (Å²) in [5.41, 5.74) is -0.0494. The van der Waals surface area contributed by atoms with E-state index in [2.05, 4.69) is 19.4 Å². The Morgan fingerprint density at radius 2 is 1.31 bits per heavy atom. The maximum atomic E-state index is 13.3. The molecule has 0 unspecified atom stereocenters. The Hall–Kier alpha value is -4.09. The maximum absolute atomic E-state index is 13.3. The van der Waals surface area contributed by atoms with E-state index in [0.717, 1.165) is 53.6 Å². The van der Waals surface area contributed by atoms with Crippen molar-refractivity contribution < 1.29 is 67.6 Å². The van der Waals surface area contributed by atoms with Crippen LogP contribution in [-0.4, -0.2) is 59.0 Å². The van der Waals surface area contributed by atoms with Gasteiger partial charge in [-0.1, -0.05) is 18.2 Å². The number of rotatable bonds is 13. The van der Waals surface area contributed by atoms with E-state index in [1.807, 2.05) is 0 Å². The van der Waals surface area contributed by atoms with Gasteiger partial charge in [0.25, 0.3) is 0 Å². The molecule has 0 fully saturated rings. The van der Waals surface area contributed by atoms with Gasteiger partial charge in [-0.05, 0) is 29.8 Å². The smallest absolute Gasteiger partial charge is 0.439 e. The molecule has 2 aromatic carbocycles. The van der Waals surface area contributed by atoms with Gasteiger partial charge >= 0.3 is 31.2 Å². The predicted molar refractivity (Wildman–Crippen MR) is 121 cm³/mol. The summed E-state index contributed by atoms with van der Waals surface area (Å²) in [6.45, 7) is -1.79. The number of nitrogens with zero attached hydrogens (tertiary/aromatic N) is 3. The molecule has 7 nitrogen and oxygen atoms in total. The topological polar surface area (TPSA) is 76.9 Å². The van der Waals surface area contributed by atoms with Gasteiger partial charge in [0.05, 0.1) is 6.54 Å². The van der Waals surface area contributed by atoms with Gasteiger partial charge in [0.15, 0.2) is 6.10 Å². The molecule has 0 amide bonds. The number of benzene rings is 2. The van der Waals surface area contributed by atoms with Crippen LogP contribution in [-0.2, 0) is 6.54 Å². The molecule has 3 aromatic rings. The number of alkyl halides is 11. The van der Waals surface area contributed by atoms with Crippen molar-refractivity contribution in [2.45, 2.75) is 43.9 Å². The average molecular weight is 621 g/mol. The van der Waals surface area contributed by atoms with Crippen LogP contribution in [0.1, 0.15) is 5.56 Å². The maximum Gasteiger partial charge on any atom is 0.461 e. The number of aliphatic hydroxyl groups is 1. The predicted octanol–water partition coefficient (Wildman–Crippen LogP) is 6.67. The molecule has 0 saturated heterocycles. The molecule has 3 rings (SSSR count). The molecular formula is C24H18F11N3O4. The molecule has 1 heterocycles. The molecule has 0 saturated carbocycles. The van der Waals surface area contributed by atoms with Crippen molar-refractivity contribution in [1.29, 1.82) is 0 Å². The molecule has 0 aliphatic heterocycles. The van der Waals surface area contributed by atoms with Crippen LogP contribution in [0, 0.1) is 0 Å². The summed E-state index contributed by atoms with van der Waals surface area (Å²) in [7, 11) is 0. The molecule has 0 bridgehead atoms. The molecule has 1 aromatic heterocycles. The number of aliphatic hydroxyl groups excluding tert-OH is 1. The Morgan fingerprint density at radius 1 is 0.762 bits per heavy atom. The van der Waals surface area contributed by atoms with Crippen molar-refractivity contribution in [2.75, 3.05) is 11.4 Å². The molecule has 42 heavy (non-hydrogen) atoms. The van der Waals surface area contributed by atoms with E-state index in [9.17, 15) is 53.4 Å². The molecule has 0 spiro atoms. The monoisotopic (exact) mass is 621 g/mol. The second-order valence-electron chi connectivity index (χ2n) is 8.29. The van der Waals surface area contributed by atoms with Crippen LogP contribution < -0.4 is 19.1 Å². The van der Waals surface area contributed by atoms with Gasteiger partial charge in [-0.3, -0.25) is 0 Å². The lowest BCUT2D eigenvalue weighted by molar-refractivity contribution is -0.253. The molecular weight excluding hydrogens is 603 g/mol. The minimum absolute atomic E-state index is 0.0494. The first-order valence-electron chi connectivity index (χ1n) is 11.4. The highest BCUT2D eigenvalue weighted by Crippen LogP contribution is 2.32. The van der Waals surface area contributed by atoms with Gasteiger partial charge in [0.1, 0.15) is 17.2 Å². The number of anilines is 1. The van der Waals surface area contributed by atoms with Crippen LogP contribution in [0.25, 0.3) is 0 Å². The molecule has 18 heteroatoms. The zero-order chi connectivity index (χ0) is 31.3. The van der Waals surface area contributed by atoms with Crippen LogP contribution in [0.5, 0.6) is 23.1 Å². The standard InChI is InChI=1S/C24H18F11N3O4/c25-19(26)23(32,33)41-15-5-1-3-13(9-15)11-38(12-17(39)22(29,30)31)21-36-8-7-18(37-21)40-14-4-2-6-16(10-14)42-24(34,35)20(27)28/h1-10,17,19-20,39H,11-12H2/t17-/m1/s1. The zero-order valence-electron chi connectivity index (χ0n) is 20.6. The van der Waals surface area contributed by atoms with Gasteiger partial charge in [-0.15, -0.1) is 0 Å². The van der Waals surface area contributed by atoms with Crippen molar-refractivity contribution >= 4 is 5.95 Å². The summed E-state index contributed by atoms with van der Waals surface area (Å²) in [6.07, 6.45) is -25.1. The number of ether oxygens (including phenoxy) is 3. The second kappa shape index (κ2) is 12.8. The Balaban J connectivity index is 1.87. The summed E-state index contributed by atoms with van der Waals surface area (Å²) in [4.78, 5) is 8.44. The van der Waals surface area contributed by atoms with Gasteiger partial charge in [0, 0.05) is 24.9 Å². The summed E-state index contributed by atoms with van der Waals surface area (Å²) in [6, 6.07) is 9.14. The van der Waals surface area contributed by atoms with Crippen molar-refractivity contribution in [1.82, 2.24) is 9.97 Å². The number of hydrogen-bond donors (Lipinski definition) is 1. The van der Waals surface area contributed by atoms with Crippen LogP contribution >= 0.6 is 0 Å². The third-order valence-electron chi connectivity index (χ3n) is 4.99. The first-order valence-corrected chi connectivity index (χ1v) is 11.4. The fourth-order valence-electron chi connectivity index (χ4n) is 3.12. The number of aromatic nitrogens is 2. The summed E-state index contributed by atoms with van der Waals surface area (Å²) >= 11 is 0. The van der Waals surface area contributed by atoms with E-state index >= 15 is 0 Å².